The summed E-state index contributed by atoms with van der Waals surface area (Å²) in [6, 6.07) is 13.0. The third-order valence-electron chi connectivity index (χ3n) is 3.27. The molecule has 0 spiro atoms. The fourth-order valence-electron chi connectivity index (χ4n) is 2.21. The number of ether oxygens (including phenoxy) is 2. The third-order valence-corrected chi connectivity index (χ3v) is 3.27. The van der Waals surface area contributed by atoms with Gasteiger partial charge in [0.2, 0.25) is 0 Å². The van der Waals surface area contributed by atoms with E-state index in [2.05, 4.69) is 12.2 Å². The molecule has 112 valence electrons. The highest BCUT2D eigenvalue weighted by Gasteiger charge is 2.07. The maximum absolute atomic E-state index is 13.6. The Labute approximate surface area is 124 Å². The molecule has 2 aromatic carbocycles. The molecule has 1 N–H and O–H groups in total. The zero-order valence-electron chi connectivity index (χ0n) is 12.5. The van der Waals surface area contributed by atoms with Gasteiger partial charge in [-0.2, -0.15) is 0 Å². The second-order valence-electron chi connectivity index (χ2n) is 4.95. The molecular weight excluding hydrogens is 269 g/mol. The number of benzene rings is 2. The average Bonchev–Trinajstić information content (AvgIpc) is 2.48. The lowest BCUT2D eigenvalue weighted by Gasteiger charge is -2.16. The molecule has 0 aliphatic rings. The van der Waals surface area contributed by atoms with Crippen LogP contribution in [0.1, 0.15) is 12.5 Å². The second-order valence-corrected chi connectivity index (χ2v) is 4.95. The van der Waals surface area contributed by atoms with Gasteiger partial charge in [0.15, 0.2) is 11.6 Å². The molecule has 0 aliphatic carbocycles. The maximum Gasteiger partial charge on any atom is 0.167 e. The summed E-state index contributed by atoms with van der Waals surface area (Å²) in [4.78, 5) is 0. The summed E-state index contributed by atoms with van der Waals surface area (Å²) in [6.07, 6.45) is 0.845. The van der Waals surface area contributed by atoms with Crippen LogP contribution in [0.3, 0.4) is 0 Å². The van der Waals surface area contributed by atoms with Gasteiger partial charge in [0, 0.05) is 17.8 Å². The number of nitrogens with one attached hydrogen (secondary N) is 1. The molecule has 21 heavy (non-hydrogen) atoms. The molecule has 0 aliphatic heterocycles. The fourth-order valence-corrected chi connectivity index (χ4v) is 2.21. The zero-order valence-corrected chi connectivity index (χ0v) is 12.5. The van der Waals surface area contributed by atoms with E-state index < -0.39 is 0 Å². The van der Waals surface area contributed by atoms with Crippen LogP contribution in [0.5, 0.6) is 11.5 Å². The quantitative estimate of drug-likeness (QED) is 0.875. The minimum absolute atomic E-state index is 0.186. The van der Waals surface area contributed by atoms with Gasteiger partial charge in [-0.25, -0.2) is 4.39 Å². The third kappa shape index (κ3) is 4.12. The Balaban J connectivity index is 1.97. The van der Waals surface area contributed by atoms with E-state index >= 15 is 0 Å². The molecule has 3 nitrogen and oxygen atoms in total. The van der Waals surface area contributed by atoms with Crippen molar-refractivity contribution in [2.24, 2.45) is 0 Å². The lowest BCUT2D eigenvalue weighted by Crippen LogP contribution is -2.18. The normalized spacial score (nSPS) is 11.8. The lowest BCUT2D eigenvalue weighted by atomic mass is 10.1. The molecular formula is C17H20FNO2. The van der Waals surface area contributed by atoms with Gasteiger partial charge in [-0.3, -0.25) is 0 Å². The van der Waals surface area contributed by atoms with E-state index in [9.17, 15) is 4.39 Å². The van der Waals surface area contributed by atoms with Gasteiger partial charge in [-0.05, 0) is 43.2 Å². The van der Waals surface area contributed by atoms with Gasteiger partial charge in [0.1, 0.15) is 5.75 Å². The minimum Gasteiger partial charge on any atom is -0.497 e. The molecule has 0 bridgehead atoms. The number of hydrogen-bond acceptors (Lipinski definition) is 3. The van der Waals surface area contributed by atoms with Gasteiger partial charge < -0.3 is 14.8 Å². The summed E-state index contributed by atoms with van der Waals surface area (Å²) in [5, 5.41) is 3.28. The smallest absolute Gasteiger partial charge is 0.167 e. The van der Waals surface area contributed by atoms with Crippen molar-refractivity contribution in [2.75, 3.05) is 19.5 Å². The van der Waals surface area contributed by atoms with Crippen molar-refractivity contribution < 1.29 is 13.9 Å². The first-order valence-electron chi connectivity index (χ1n) is 6.85. The van der Waals surface area contributed by atoms with Gasteiger partial charge in [0.05, 0.1) is 14.2 Å². The fraction of sp³-hybridized carbons (Fsp3) is 0.294. The Morgan fingerprint density at radius 1 is 1.05 bits per heavy atom. The van der Waals surface area contributed by atoms with Crippen LogP contribution in [0.4, 0.5) is 10.1 Å². The molecule has 0 radical (unpaired) electrons. The maximum atomic E-state index is 13.6. The molecule has 0 saturated heterocycles. The topological polar surface area (TPSA) is 30.5 Å². The van der Waals surface area contributed by atoms with Crippen molar-refractivity contribution >= 4 is 5.69 Å². The summed E-state index contributed by atoms with van der Waals surface area (Å²) in [6.45, 7) is 2.06. The Morgan fingerprint density at radius 2 is 1.76 bits per heavy atom. The van der Waals surface area contributed by atoms with Crippen LogP contribution in [-0.2, 0) is 6.42 Å². The Hall–Kier alpha value is -2.23. The van der Waals surface area contributed by atoms with Crippen LogP contribution in [0.25, 0.3) is 0 Å². The molecule has 0 saturated carbocycles. The number of hydrogen-bond donors (Lipinski definition) is 1. The average molecular weight is 289 g/mol. The Kier molecular flexibility index (Phi) is 5.04. The minimum atomic E-state index is -0.362. The SMILES string of the molecule is COc1ccc(CC(C)Nc2ccc(OC)c(F)c2)cc1. The molecule has 2 rings (SSSR count). The number of anilines is 1. The lowest BCUT2D eigenvalue weighted by molar-refractivity contribution is 0.386. The van der Waals surface area contributed by atoms with Crippen molar-refractivity contribution in [3.63, 3.8) is 0 Å². The van der Waals surface area contributed by atoms with Crippen molar-refractivity contribution in [3.8, 4) is 11.5 Å². The molecule has 1 unspecified atom stereocenters. The summed E-state index contributed by atoms with van der Waals surface area (Å²) >= 11 is 0. The first-order chi connectivity index (χ1) is 10.1. The van der Waals surface area contributed by atoms with Gasteiger partial charge in [-0.1, -0.05) is 12.1 Å². The monoisotopic (exact) mass is 289 g/mol. The Morgan fingerprint density at radius 3 is 2.33 bits per heavy atom. The van der Waals surface area contributed by atoms with E-state index in [1.165, 1.54) is 18.7 Å². The van der Waals surface area contributed by atoms with Crippen LogP contribution in [0.15, 0.2) is 42.5 Å². The predicted molar refractivity (Wildman–Crippen MR) is 82.7 cm³/mol. The first-order valence-corrected chi connectivity index (χ1v) is 6.85. The summed E-state index contributed by atoms with van der Waals surface area (Å²) < 4.78 is 23.7. The van der Waals surface area contributed by atoms with Crippen LogP contribution >= 0.6 is 0 Å². The summed E-state index contributed by atoms with van der Waals surface area (Å²) in [5.41, 5.74) is 1.94. The van der Waals surface area contributed by atoms with E-state index in [-0.39, 0.29) is 17.6 Å². The highest BCUT2D eigenvalue weighted by molar-refractivity contribution is 5.48. The molecule has 4 heteroatoms. The Bertz CT molecular complexity index is 584. The van der Waals surface area contributed by atoms with Crippen molar-refractivity contribution in [1.29, 1.82) is 0 Å². The van der Waals surface area contributed by atoms with E-state index in [4.69, 9.17) is 9.47 Å². The molecule has 0 heterocycles. The van der Waals surface area contributed by atoms with E-state index in [0.717, 1.165) is 17.9 Å². The summed E-state index contributed by atoms with van der Waals surface area (Å²) in [5.74, 6) is 0.735. The van der Waals surface area contributed by atoms with Gasteiger partial charge >= 0.3 is 0 Å². The van der Waals surface area contributed by atoms with Gasteiger partial charge in [-0.15, -0.1) is 0 Å². The van der Waals surface area contributed by atoms with Gasteiger partial charge in [0.25, 0.3) is 0 Å². The van der Waals surface area contributed by atoms with Crippen LogP contribution in [-0.4, -0.2) is 20.3 Å². The standard InChI is InChI=1S/C17H20FNO2/c1-12(10-13-4-7-15(20-2)8-5-13)19-14-6-9-17(21-3)16(18)11-14/h4-9,11-12,19H,10H2,1-3H3. The van der Waals surface area contributed by atoms with Crippen LogP contribution in [0.2, 0.25) is 0 Å². The molecule has 0 aromatic heterocycles. The first kappa shape index (κ1) is 15.2. The summed E-state index contributed by atoms with van der Waals surface area (Å²) in [7, 11) is 3.11. The molecule has 0 amide bonds. The van der Waals surface area contributed by atoms with E-state index in [1.807, 2.05) is 30.3 Å². The molecule has 2 aromatic rings. The molecule has 0 fully saturated rings. The number of rotatable bonds is 6. The highest BCUT2D eigenvalue weighted by atomic mass is 19.1. The van der Waals surface area contributed by atoms with E-state index in [1.54, 1.807) is 13.2 Å². The van der Waals surface area contributed by atoms with Crippen LogP contribution in [0, 0.1) is 5.82 Å². The predicted octanol–water partition coefficient (Wildman–Crippen LogP) is 3.89. The second kappa shape index (κ2) is 6.97. The van der Waals surface area contributed by atoms with Crippen LogP contribution < -0.4 is 14.8 Å². The highest BCUT2D eigenvalue weighted by Crippen LogP contribution is 2.21. The largest absolute Gasteiger partial charge is 0.497 e. The zero-order chi connectivity index (χ0) is 15.2. The molecule has 1 atom stereocenters. The number of methoxy groups -OCH3 is 2. The van der Waals surface area contributed by atoms with Crippen molar-refractivity contribution in [3.05, 3.63) is 53.8 Å². The van der Waals surface area contributed by atoms with E-state index in [0.29, 0.717) is 0 Å². The van der Waals surface area contributed by atoms with Crippen molar-refractivity contribution in [2.45, 2.75) is 19.4 Å². The van der Waals surface area contributed by atoms with Crippen molar-refractivity contribution in [1.82, 2.24) is 0 Å². The number of halogens is 1.